The SMILES string of the molecule is C#CCN(C)C1CC(C)(C)N([O])C(C)(C)C1. The van der Waals surface area contributed by atoms with Crippen molar-refractivity contribution in [3.05, 3.63) is 0 Å². The summed E-state index contributed by atoms with van der Waals surface area (Å²) in [6, 6.07) is 0.395. The number of rotatable bonds is 2. The molecule has 1 heterocycles. The third kappa shape index (κ3) is 2.57. The van der Waals surface area contributed by atoms with Crippen LogP contribution in [0.15, 0.2) is 0 Å². The van der Waals surface area contributed by atoms with E-state index in [9.17, 15) is 5.21 Å². The summed E-state index contributed by atoms with van der Waals surface area (Å²) < 4.78 is 0. The van der Waals surface area contributed by atoms with Gasteiger partial charge in [0, 0.05) is 17.1 Å². The summed E-state index contributed by atoms with van der Waals surface area (Å²) in [5.74, 6) is 2.66. The summed E-state index contributed by atoms with van der Waals surface area (Å²) in [4.78, 5) is 2.18. The van der Waals surface area contributed by atoms with Gasteiger partial charge in [0.05, 0.1) is 6.54 Å². The molecule has 0 aliphatic carbocycles. The molecule has 0 aromatic rings. The number of hydrogen-bond donors (Lipinski definition) is 0. The van der Waals surface area contributed by atoms with Crippen LogP contribution in [0.2, 0.25) is 0 Å². The molecule has 0 spiro atoms. The Hall–Kier alpha value is -0.560. The maximum Gasteiger partial charge on any atom is 0.0598 e. The number of hydroxylamine groups is 2. The van der Waals surface area contributed by atoms with Gasteiger partial charge in [-0.15, -0.1) is 16.7 Å². The van der Waals surface area contributed by atoms with Gasteiger partial charge in [-0.1, -0.05) is 5.92 Å². The summed E-state index contributed by atoms with van der Waals surface area (Å²) >= 11 is 0. The first-order chi connectivity index (χ1) is 7.20. The highest BCUT2D eigenvalue weighted by molar-refractivity contribution is 5.00. The smallest absolute Gasteiger partial charge is 0.0598 e. The molecule has 0 amide bonds. The molecule has 1 fully saturated rings. The van der Waals surface area contributed by atoms with Crippen molar-refractivity contribution in [3.63, 3.8) is 0 Å². The quantitative estimate of drug-likeness (QED) is 0.669. The van der Waals surface area contributed by atoms with E-state index in [1.807, 2.05) is 34.7 Å². The van der Waals surface area contributed by atoms with Crippen LogP contribution in [0.5, 0.6) is 0 Å². The first-order valence-corrected chi connectivity index (χ1v) is 5.82. The monoisotopic (exact) mass is 223 g/mol. The van der Waals surface area contributed by atoms with Crippen molar-refractivity contribution in [2.24, 2.45) is 0 Å². The van der Waals surface area contributed by atoms with E-state index in [1.165, 1.54) is 5.06 Å². The van der Waals surface area contributed by atoms with Crippen molar-refractivity contribution in [2.75, 3.05) is 13.6 Å². The lowest BCUT2D eigenvalue weighted by Gasteiger charge is -2.51. The second-order valence-electron chi connectivity index (χ2n) is 6.10. The summed E-state index contributed by atoms with van der Waals surface area (Å²) in [5, 5.41) is 13.4. The highest BCUT2D eigenvalue weighted by Crippen LogP contribution is 2.38. The molecule has 0 atom stereocenters. The summed E-state index contributed by atoms with van der Waals surface area (Å²) in [7, 11) is 2.04. The molecule has 1 aliphatic heterocycles. The van der Waals surface area contributed by atoms with Crippen molar-refractivity contribution in [2.45, 2.75) is 57.7 Å². The lowest BCUT2D eigenvalue weighted by molar-refractivity contribution is -0.293. The van der Waals surface area contributed by atoms with E-state index < -0.39 is 0 Å². The molecule has 16 heavy (non-hydrogen) atoms. The second kappa shape index (κ2) is 4.37. The van der Waals surface area contributed by atoms with E-state index >= 15 is 0 Å². The van der Waals surface area contributed by atoms with Gasteiger partial charge in [-0.3, -0.25) is 4.90 Å². The highest BCUT2D eigenvalue weighted by atomic mass is 16.5. The first-order valence-electron chi connectivity index (χ1n) is 5.82. The topological polar surface area (TPSA) is 26.4 Å². The zero-order chi connectivity index (χ0) is 12.6. The zero-order valence-corrected chi connectivity index (χ0v) is 11.1. The Morgan fingerprint density at radius 2 is 1.75 bits per heavy atom. The minimum Gasteiger partial charge on any atom is -0.292 e. The van der Waals surface area contributed by atoms with Crippen LogP contribution in [0.1, 0.15) is 40.5 Å². The van der Waals surface area contributed by atoms with E-state index in [4.69, 9.17) is 6.42 Å². The second-order valence-corrected chi connectivity index (χ2v) is 6.10. The maximum atomic E-state index is 12.2. The minimum atomic E-state index is -0.310. The number of nitrogens with zero attached hydrogens (tertiary/aromatic N) is 2. The normalized spacial score (nSPS) is 25.6. The van der Waals surface area contributed by atoms with Crippen molar-refractivity contribution >= 4 is 0 Å². The Morgan fingerprint density at radius 1 is 1.31 bits per heavy atom. The van der Waals surface area contributed by atoms with E-state index in [0.717, 1.165) is 12.8 Å². The molecule has 0 N–H and O–H groups in total. The highest BCUT2D eigenvalue weighted by Gasteiger charge is 2.46. The van der Waals surface area contributed by atoms with Gasteiger partial charge in [-0.25, -0.2) is 0 Å². The van der Waals surface area contributed by atoms with Crippen LogP contribution < -0.4 is 0 Å². The third-order valence-electron chi connectivity index (χ3n) is 3.53. The van der Waals surface area contributed by atoms with Crippen LogP contribution in [-0.2, 0) is 5.21 Å². The molecule has 1 rings (SSSR count). The lowest BCUT2D eigenvalue weighted by Crippen LogP contribution is -2.62. The molecule has 0 saturated carbocycles. The minimum absolute atomic E-state index is 0.310. The molecule has 0 bridgehead atoms. The predicted molar refractivity (Wildman–Crippen MR) is 65.2 cm³/mol. The van der Waals surface area contributed by atoms with Gasteiger partial charge in [0.1, 0.15) is 0 Å². The third-order valence-corrected chi connectivity index (χ3v) is 3.53. The van der Waals surface area contributed by atoms with Crippen LogP contribution in [-0.4, -0.2) is 40.7 Å². The summed E-state index contributed by atoms with van der Waals surface area (Å²) in [6.45, 7) is 8.69. The van der Waals surface area contributed by atoms with Crippen LogP contribution in [0.25, 0.3) is 0 Å². The molecule has 3 heteroatoms. The van der Waals surface area contributed by atoms with Crippen molar-refractivity contribution in [1.82, 2.24) is 9.96 Å². The molecule has 1 aliphatic rings. The van der Waals surface area contributed by atoms with Gasteiger partial charge < -0.3 is 0 Å². The zero-order valence-electron chi connectivity index (χ0n) is 11.1. The average molecular weight is 223 g/mol. The van der Waals surface area contributed by atoms with Gasteiger partial charge in [0.25, 0.3) is 0 Å². The molecule has 1 saturated heterocycles. The Kier molecular flexibility index (Phi) is 3.69. The summed E-state index contributed by atoms with van der Waals surface area (Å²) in [6.07, 6.45) is 7.08. The van der Waals surface area contributed by atoms with Gasteiger partial charge in [0.15, 0.2) is 0 Å². The Bertz CT molecular complexity index is 273. The van der Waals surface area contributed by atoms with Crippen LogP contribution in [0.4, 0.5) is 0 Å². The molecule has 91 valence electrons. The molecule has 1 radical (unpaired) electrons. The first kappa shape index (κ1) is 13.5. The fraction of sp³-hybridized carbons (Fsp3) is 0.846. The molecule has 0 unspecified atom stereocenters. The van der Waals surface area contributed by atoms with Crippen molar-refractivity contribution < 1.29 is 5.21 Å². The Morgan fingerprint density at radius 3 is 2.12 bits per heavy atom. The van der Waals surface area contributed by atoms with Gasteiger partial charge in [-0.05, 0) is 47.6 Å². The Balaban J connectivity index is 2.83. The lowest BCUT2D eigenvalue weighted by atomic mass is 9.78. The summed E-state index contributed by atoms with van der Waals surface area (Å²) in [5.41, 5.74) is -0.620. The molecular formula is C13H23N2O. The van der Waals surface area contributed by atoms with Gasteiger partial charge in [-0.2, -0.15) is 0 Å². The molecule has 0 aromatic heterocycles. The standard InChI is InChI=1S/C13H23N2O/c1-7-8-14(6)11-9-12(2,3)15(16)13(4,5)10-11/h1,11H,8-10H2,2-6H3. The number of piperidine rings is 1. The fourth-order valence-electron chi connectivity index (χ4n) is 2.80. The van der Waals surface area contributed by atoms with Gasteiger partial charge >= 0.3 is 0 Å². The van der Waals surface area contributed by atoms with Gasteiger partial charge in [0.2, 0.25) is 0 Å². The van der Waals surface area contributed by atoms with Crippen LogP contribution in [0, 0.1) is 12.3 Å². The van der Waals surface area contributed by atoms with E-state index in [-0.39, 0.29) is 11.1 Å². The van der Waals surface area contributed by atoms with Crippen molar-refractivity contribution in [3.8, 4) is 12.3 Å². The maximum absolute atomic E-state index is 12.2. The predicted octanol–water partition coefficient (Wildman–Crippen LogP) is 1.92. The average Bonchev–Trinajstić information content (AvgIpc) is 2.13. The molecule has 0 aromatic carbocycles. The largest absolute Gasteiger partial charge is 0.292 e. The van der Waals surface area contributed by atoms with E-state index in [1.54, 1.807) is 0 Å². The van der Waals surface area contributed by atoms with E-state index in [0.29, 0.717) is 12.6 Å². The molecular weight excluding hydrogens is 200 g/mol. The van der Waals surface area contributed by atoms with Crippen LogP contribution >= 0.6 is 0 Å². The van der Waals surface area contributed by atoms with Crippen LogP contribution in [0.3, 0.4) is 0 Å². The number of terminal acetylenes is 1. The van der Waals surface area contributed by atoms with E-state index in [2.05, 4.69) is 10.8 Å². The van der Waals surface area contributed by atoms with Crippen molar-refractivity contribution in [1.29, 1.82) is 0 Å². The fourth-order valence-corrected chi connectivity index (χ4v) is 2.80. The molecule has 3 nitrogen and oxygen atoms in total. The number of hydrogen-bond acceptors (Lipinski definition) is 2. The Labute approximate surface area is 99.4 Å².